The average Bonchev–Trinajstić information content (AvgIpc) is 3.35. The fourth-order valence-electron chi connectivity index (χ4n) is 2.85. The van der Waals surface area contributed by atoms with Gasteiger partial charge in [-0.05, 0) is 17.7 Å². The topological polar surface area (TPSA) is 102 Å². The standard InChI is InChI=1S/C20H16ClN5O3/c21-15-7-3-1-5-13(15)11-26-17(9-10-22-26)23-18(27)12-29-20(28)19-14-6-2-4-8-16(14)24-25-19/h1-10H,11-12H2,(H,23,27)(H,24,25). The maximum Gasteiger partial charge on any atom is 0.359 e. The van der Waals surface area contributed by atoms with E-state index in [0.717, 1.165) is 5.56 Å². The fourth-order valence-corrected chi connectivity index (χ4v) is 3.05. The van der Waals surface area contributed by atoms with E-state index in [4.69, 9.17) is 16.3 Å². The van der Waals surface area contributed by atoms with Gasteiger partial charge in [0.15, 0.2) is 12.3 Å². The maximum absolute atomic E-state index is 12.3. The van der Waals surface area contributed by atoms with Crippen LogP contribution in [0, 0.1) is 0 Å². The molecule has 2 aromatic carbocycles. The van der Waals surface area contributed by atoms with Crippen molar-refractivity contribution in [3.63, 3.8) is 0 Å². The Morgan fingerprint density at radius 3 is 2.76 bits per heavy atom. The van der Waals surface area contributed by atoms with E-state index in [1.165, 1.54) is 0 Å². The lowest BCUT2D eigenvalue weighted by atomic mass is 10.2. The molecule has 0 aliphatic heterocycles. The number of aromatic nitrogens is 4. The van der Waals surface area contributed by atoms with Crippen molar-refractivity contribution < 1.29 is 14.3 Å². The molecule has 0 radical (unpaired) electrons. The highest BCUT2D eigenvalue weighted by atomic mass is 35.5. The normalized spacial score (nSPS) is 10.8. The van der Waals surface area contributed by atoms with Gasteiger partial charge < -0.3 is 10.1 Å². The van der Waals surface area contributed by atoms with Gasteiger partial charge in [-0.1, -0.05) is 48.0 Å². The number of hydrogen-bond donors (Lipinski definition) is 2. The van der Waals surface area contributed by atoms with Crippen LogP contribution in [-0.4, -0.2) is 38.5 Å². The van der Waals surface area contributed by atoms with E-state index in [9.17, 15) is 9.59 Å². The summed E-state index contributed by atoms with van der Waals surface area (Å²) in [6, 6.07) is 16.2. The molecule has 1 amide bonds. The lowest BCUT2D eigenvalue weighted by molar-refractivity contribution is -0.119. The predicted octanol–water partition coefficient (Wildman–Crippen LogP) is 3.26. The van der Waals surface area contributed by atoms with Crippen LogP contribution in [0.15, 0.2) is 60.8 Å². The van der Waals surface area contributed by atoms with Crippen LogP contribution in [0.1, 0.15) is 16.1 Å². The molecule has 4 rings (SSSR count). The van der Waals surface area contributed by atoms with Crippen molar-refractivity contribution in [2.75, 3.05) is 11.9 Å². The molecule has 0 unspecified atom stereocenters. The molecule has 0 saturated carbocycles. The molecule has 2 aromatic heterocycles. The second-order valence-electron chi connectivity index (χ2n) is 6.21. The molecular formula is C20H16ClN5O3. The van der Waals surface area contributed by atoms with Gasteiger partial charge in [0.2, 0.25) is 0 Å². The molecule has 29 heavy (non-hydrogen) atoms. The van der Waals surface area contributed by atoms with E-state index in [1.807, 2.05) is 24.3 Å². The number of amides is 1. The molecule has 0 aliphatic carbocycles. The summed E-state index contributed by atoms with van der Waals surface area (Å²) in [6.45, 7) is -0.0569. The second-order valence-corrected chi connectivity index (χ2v) is 6.61. The van der Waals surface area contributed by atoms with Gasteiger partial charge >= 0.3 is 5.97 Å². The zero-order chi connectivity index (χ0) is 20.2. The van der Waals surface area contributed by atoms with Crippen molar-refractivity contribution in [2.45, 2.75) is 6.54 Å². The molecule has 0 atom stereocenters. The highest BCUT2D eigenvalue weighted by Crippen LogP contribution is 2.18. The summed E-state index contributed by atoms with van der Waals surface area (Å²) in [7, 11) is 0. The Labute approximate surface area is 170 Å². The van der Waals surface area contributed by atoms with Gasteiger partial charge in [0.25, 0.3) is 5.91 Å². The number of anilines is 1. The minimum absolute atomic E-state index is 0.136. The Hall–Kier alpha value is -3.65. The first-order chi connectivity index (χ1) is 14.1. The lowest BCUT2D eigenvalue weighted by Crippen LogP contribution is -2.23. The van der Waals surface area contributed by atoms with Gasteiger partial charge in [-0.2, -0.15) is 10.2 Å². The van der Waals surface area contributed by atoms with E-state index in [1.54, 1.807) is 41.2 Å². The van der Waals surface area contributed by atoms with E-state index in [2.05, 4.69) is 20.6 Å². The number of nitrogens with zero attached hydrogens (tertiary/aromatic N) is 3. The number of aromatic amines is 1. The molecular weight excluding hydrogens is 394 g/mol. The zero-order valence-corrected chi connectivity index (χ0v) is 15.9. The van der Waals surface area contributed by atoms with Crippen LogP contribution in [0.4, 0.5) is 5.82 Å². The van der Waals surface area contributed by atoms with Crippen molar-refractivity contribution >= 4 is 40.2 Å². The van der Waals surface area contributed by atoms with Crippen molar-refractivity contribution in [1.29, 1.82) is 0 Å². The average molecular weight is 410 g/mol. The van der Waals surface area contributed by atoms with Gasteiger partial charge in [-0.25, -0.2) is 9.48 Å². The zero-order valence-electron chi connectivity index (χ0n) is 15.1. The van der Waals surface area contributed by atoms with E-state index >= 15 is 0 Å². The Morgan fingerprint density at radius 2 is 1.90 bits per heavy atom. The minimum atomic E-state index is -0.679. The molecule has 0 bridgehead atoms. The molecule has 2 N–H and O–H groups in total. The van der Waals surface area contributed by atoms with Gasteiger partial charge in [0.1, 0.15) is 5.82 Å². The summed E-state index contributed by atoms with van der Waals surface area (Å²) in [5.74, 6) is -0.697. The first-order valence-corrected chi connectivity index (χ1v) is 9.15. The highest BCUT2D eigenvalue weighted by molar-refractivity contribution is 6.31. The number of halogens is 1. The first-order valence-electron chi connectivity index (χ1n) is 8.77. The quantitative estimate of drug-likeness (QED) is 0.476. The van der Waals surface area contributed by atoms with Gasteiger partial charge in [0.05, 0.1) is 18.3 Å². The number of fused-ring (bicyclic) bond motifs is 1. The monoisotopic (exact) mass is 409 g/mol. The smallest absolute Gasteiger partial charge is 0.359 e. The Kier molecular flexibility index (Phi) is 5.26. The minimum Gasteiger partial charge on any atom is -0.451 e. The van der Waals surface area contributed by atoms with Crippen LogP contribution in [-0.2, 0) is 16.1 Å². The maximum atomic E-state index is 12.3. The number of benzene rings is 2. The lowest BCUT2D eigenvalue weighted by Gasteiger charge is -2.10. The number of para-hydroxylation sites is 1. The summed E-state index contributed by atoms with van der Waals surface area (Å²) < 4.78 is 6.70. The third-order valence-electron chi connectivity index (χ3n) is 4.26. The van der Waals surface area contributed by atoms with Crippen LogP contribution in [0.5, 0.6) is 0 Å². The number of rotatable bonds is 6. The molecule has 0 fully saturated rings. The second kappa shape index (κ2) is 8.15. The highest BCUT2D eigenvalue weighted by Gasteiger charge is 2.17. The molecule has 9 heteroatoms. The SMILES string of the molecule is O=C(COC(=O)c1n[nH]c2ccccc12)Nc1ccnn1Cc1ccccc1Cl. The molecule has 0 spiro atoms. The summed E-state index contributed by atoms with van der Waals surface area (Å²) in [5, 5.41) is 14.8. The summed E-state index contributed by atoms with van der Waals surface area (Å²) in [6.07, 6.45) is 1.56. The van der Waals surface area contributed by atoms with Crippen LogP contribution < -0.4 is 5.32 Å². The van der Waals surface area contributed by atoms with Gasteiger partial charge in [-0.15, -0.1) is 0 Å². The molecule has 8 nitrogen and oxygen atoms in total. The van der Waals surface area contributed by atoms with Gasteiger partial charge in [0, 0.05) is 16.5 Å². The Morgan fingerprint density at radius 1 is 1.10 bits per heavy atom. The molecule has 4 aromatic rings. The van der Waals surface area contributed by atoms with E-state index < -0.39 is 18.5 Å². The van der Waals surface area contributed by atoms with Crippen molar-refractivity contribution in [3.8, 4) is 0 Å². The van der Waals surface area contributed by atoms with Crippen molar-refractivity contribution in [2.24, 2.45) is 0 Å². The van der Waals surface area contributed by atoms with Crippen LogP contribution >= 0.6 is 11.6 Å². The van der Waals surface area contributed by atoms with Crippen LogP contribution in [0.3, 0.4) is 0 Å². The van der Waals surface area contributed by atoms with E-state index in [-0.39, 0.29) is 5.69 Å². The number of ether oxygens (including phenoxy) is 1. The predicted molar refractivity (Wildman–Crippen MR) is 108 cm³/mol. The number of nitrogens with one attached hydrogen (secondary N) is 2. The number of carbonyl (C=O) groups is 2. The van der Waals surface area contributed by atoms with E-state index in [0.29, 0.717) is 28.3 Å². The van der Waals surface area contributed by atoms with Crippen LogP contribution in [0.25, 0.3) is 10.9 Å². The summed E-state index contributed by atoms with van der Waals surface area (Å²) >= 11 is 6.18. The third-order valence-corrected chi connectivity index (χ3v) is 4.63. The Balaban J connectivity index is 1.38. The number of esters is 1. The largest absolute Gasteiger partial charge is 0.451 e. The van der Waals surface area contributed by atoms with Crippen molar-refractivity contribution in [1.82, 2.24) is 20.0 Å². The fraction of sp³-hybridized carbons (Fsp3) is 0.100. The van der Waals surface area contributed by atoms with Gasteiger partial charge in [-0.3, -0.25) is 9.89 Å². The Bertz CT molecular complexity index is 1180. The summed E-state index contributed by atoms with van der Waals surface area (Å²) in [5.41, 5.74) is 1.72. The van der Waals surface area contributed by atoms with Crippen molar-refractivity contribution in [3.05, 3.63) is 77.1 Å². The number of hydrogen-bond acceptors (Lipinski definition) is 5. The number of carbonyl (C=O) groups excluding carboxylic acids is 2. The summed E-state index contributed by atoms with van der Waals surface area (Å²) in [4.78, 5) is 24.5. The molecule has 0 aliphatic rings. The third kappa shape index (κ3) is 4.12. The molecule has 2 heterocycles. The molecule has 146 valence electrons. The molecule has 0 saturated heterocycles. The number of H-pyrrole nitrogens is 1. The van der Waals surface area contributed by atoms with Crippen LogP contribution in [0.2, 0.25) is 5.02 Å². The first kappa shape index (κ1) is 18.7.